The van der Waals surface area contributed by atoms with Crippen LogP contribution in [0.2, 0.25) is 5.02 Å². The highest BCUT2D eigenvalue weighted by molar-refractivity contribution is 6.30. The smallest absolute Gasteiger partial charge is 0.227 e. The minimum atomic E-state index is 0. The Kier molecular flexibility index (Phi) is 5.25. The highest BCUT2D eigenvalue weighted by Crippen LogP contribution is 2.25. The van der Waals surface area contributed by atoms with E-state index in [-0.39, 0.29) is 30.3 Å². The fraction of sp³-hybridized carbons (Fsp3) is 0.417. The molecule has 2 atom stereocenters. The van der Waals surface area contributed by atoms with E-state index >= 15 is 0 Å². The highest BCUT2D eigenvalue weighted by atomic mass is 35.5. The molecule has 1 saturated carbocycles. The molecular weight excluding hydrogens is 259 g/mol. The molecule has 1 aliphatic rings. The lowest BCUT2D eigenvalue weighted by Crippen LogP contribution is -2.23. The van der Waals surface area contributed by atoms with Crippen LogP contribution in [0.1, 0.15) is 19.3 Å². The average molecular weight is 275 g/mol. The lowest BCUT2D eigenvalue weighted by atomic mass is 10.1. The van der Waals surface area contributed by atoms with Gasteiger partial charge in [-0.05, 0) is 37.5 Å². The first kappa shape index (κ1) is 14.3. The third kappa shape index (κ3) is 3.87. The van der Waals surface area contributed by atoms with Gasteiger partial charge in [0, 0.05) is 22.7 Å². The van der Waals surface area contributed by atoms with Crippen molar-refractivity contribution in [2.24, 2.45) is 11.7 Å². The van der Waals surface area contributed by atoms with Crippen LogP contribution in [0.4, 0.5) is 5.69 Å². The maximum absolute atomic E-state index is 11.9. The van der Waals surface area contributed by atoms with Gasteiger partial charge in [-0.3, -0.25) is 4.79 Å². The van der Waals surface area contributed by atoms with Gasteiger partial charge in [0.05, 0.1) is 0 Å². The predicted molar refractivity (Wildman–Crippen MR) is 72.6 cm³/mol. The van der Waals surface area contributed by atoms with Gasteiger partial charge in [0.15, 0.2) is 0 Å². The Morgan fingerprint density at radius 1 is 1.41 bits per heavy atom. The number of anilines is 1. The molecule has 0 spiro atoms. The van der Waals surface area contributed by atoms with Crippen LogP contribution in [0.5, 0.6) is 0 Å². The van der Waals surface area contributed by atoms with Gasteiger partial charge in [0.1, 0.15) is 0 Å². The molecule has 2 rings (SSSR count). The molecule has 1 aromatic carbocycles. The van der Waals surface area contributed by atoms with Gasteiger partial charge in [-0.2, -0.15) is 0 Å². The molecule has 1 fully saturated rings. The quantitative estimate of drug-likeness (QED) is 0.872. The molecule has 0 heterocycles. The van der Waals surface area contributed by atoms with E-state index in [0.29, 0.717) is 5.02 Å². The molecule has 0 radical (unpaired) electrons. The van der Waals surface area contributed by atoms with Gasteiger partial charge in [-0.25, -0.2) is 0 Å². The van der Waals surface area contributed by atoms with Crippen LogP contribution >= 0.6 is 24.0 Å². The van der Waals surface area contributed by atoms with Gasteiger partial charge in [-0.15, -0.1) is 12.4 Å². The zero-order chi connectivity index (χ0) is 11.5. The van der Waals surface area contributed by atoms with Crippen molar-refractivity contribution in [2.45, 2.75) is 25.3 Å². The first-order valence-corrected chi connectivity index (χ1v) is 5.85. The van der Waals surface area contributed by atoms with E-state index < -0.39 is 0 Å². The van der Waals surface area contributed by atoms with Crippen LogP contribution in [-0.2, 0) is 4.79 Å². The fourth-order valence-electron chi connectivity index (χ4n) is 2.07. The topological polar surface area (TPSA) is 55.1 Å². The molecular formula is C12H16Cl2N2O. The first-order chi connectivity index (χ1) is 7.65. The van der Waals surface area contributed by atoms with Crippen LogP contribution in [-0.4, -0.2) is 11.9 Å². The summed E-state index contributed by atoms with van der Waals surface area (Å²) in [6.07, 6.45) is 2.60. The largest absolute Gasteiger partial charge is 0.328 e. The molecule has 2 unspecified atom stereocenters. The average Bonchev–Trinajstić information content (AvgIpc) is 2.65. The van der Waals surface area contributed by atoms with Crippen LogP contribution in [0.3, 0.4) is 0 Å². The molecule has 0 aliphatic heterocycles. The number of hydrogen-bond acceptors (Lipinski definition) is 2. The summed E-state index contributed by atoms with van der Waals surface area (Å²) in [5.74, 6) is 0.101. The summed E-state index contributed by atoms with van der Waals surface area (Å²) in [4.78, 5) is 11.9. The maximum Gasteiger partial charge on any atom is 0.227 e. The molecule has 1 aliphatic carbocycles. The number of hydrogen-bond donors (Lipinski definition) is 2. The number of benzene rings is 1. The maximum atomic E-state index is 11.9. The van der Waals surface area contributed by atoms with Gasteiger partial charge in [0.25, 0.3) is 0 Å². The summed E-state index contributed by atoms with van der Waals surface area (Å²) in [6.45, 7) is 0. The van der Waals surface area contributed by atoms with Crippen molar-refractivity contribution in [1.82, 2.24) is 0 Å². The van der Waals surface area contributed by atoms with Gasteiger partial charge in [0.2, 0.25) is 5.91 Å². The Labute approximate surface area is 112 Å². The second kappa shape index (κ2) is 6.24. The van der Waals surface area contributed by atoms with Crippen molar-refractivity contribution in [3.63, 3.8) is 0 Å². The van der Waals surface area contributed by atoms with Crippen LogP contribution in [0.25, 0.3) is 0 Å². The third-order valence-corrected chi connectivity index (χ3v) is 3.17. The Bertz CT molecular complexity index is 398. The summed E-state index contributed by atoms with van der Waals surface area (Å²) in [5.41, 5.74) is 6.53. The normalized spacial score (nSPS) is 22.9. The highest BCUT2D eigenvalue weighted by Gasteiger charge is 2.27. The minimum Gasteiger partial charge on any atom is -0.328 e. The lowest BCUT2D eigenvalue weighted by molar-refractivity contribution is -0.119. The monoisotopic (exact) mass is 274 g/mol. The lowest BCUT2D eigenvalue weighted by Gasteiger charge is -2.10. The zero-order valence-electron chi connectivity index (χ0n) is 9.36. The number of amides is 1. The van der Waals surface area contributed by atoms with Crippen LogP contribution in [0.15, 0.2) is 24.3 Å². The molecule has 3 N–H and O–H groups in total. The Balaban J connectivity index is 0.00000144. The molecule has 0 aromatic heterocycles. The molecule has 0 saturated heterocycles. The van der Waals surface area contributed by atoms with Crippen LogP contribution in [0, 0.1) is 5.92 Å². The Morgan fingerprint density at radius 3 is 2.76 bits per heavy atom. The fourth-order valence-corrected chi connectivity index (χ4v) is 2.26. The van der Waals surface area contributed by atoms with E-state index in [4.69, 9.17) is 17.3 Å². The van der Waals surface area contributed by atoms with Crippen molar-refractivity contribution >= 4 is 35.6 Å². The molecule has 3 nitrogen and oxygen atoms in total. The molecule has 0 bridgehead atoms. The summed E-state index contributed by atoms with van der Waals surface area (Å²) in [6, 6.07) is 7.35. The van der Waals surface area contributed by atoms with Gasteiger partial charge >= 0.3 is 0 Å². The SMILES string of the molecule is Cl.NC1CCC(C(=O)Nc2cccc(Cl)c2)C1. The Hall–Kier alpha value is -0.770. The number of rotatable bonds is 2. The van der Waals surface area contributed by atoms with E-state index in [1.54, 1.807) is 12.1 Å². The van der Waals surface area contributed by atoms with Crippen molar-refractivity contribution in [3.05, 3.63) is 29.3 Å². The van der Waals surface area contributed by atoms with E-state index in [9.17, 15) is 4.79 Å². The molecule has 1 aromatic rings. The first-order valence-electron chi connectivity index (χ1n) is 5.47. The minimum absolute atomic E-state index is 0. The van der Waals surface area contributed by atoms with Gasteiger partial charge < -0.3 is 11.1 Å². The third-order valence-electron chi connectivity index (χ3n) is 2.94. The number of nitrogens with one attached hydrogen (secondary N) is 1. The number of nitrogens with two attached hydrogens (primary N) is 1. The van der Waals surface area contributed by atoms with Crippen molar-refractivity contribution in [3.8, 4) is 0 Å². The van der Waals surface area contributed by atoms with E-state index in [0.717, 1.165) is 24.9 Å². The van der Waals surface area contributed by atoms with E-state index in [2.05, 4.69) is 5.32 Å². The zero-order valence-corrected chi connectivity index (χ0v) is 10.9. The second-order valence-electron chi connectivity index (χ2n) is 4.27. The van der Waals surface area contributed by atoms with Crippen molar-refractivity contribution in [2.75, 3.05) is 5.32 Å². The number of carbonyl (C=O) groups is 1. The summed E-state index contributed by atoms with van der Waals surface area (Å²) in [5, 5.41) is 3.49. The molecule has 1 amide bonds. The van der Waals surface area contributed by atoms with E-state index in [1.165, 1.54) is 0 Å². The van der Waals surface area contributed by atoms with E-state index in [1.807, 2.05) is 12.1 Å². The number of carbonyl (C=O) groups excluding carboxylic acids is 1. The van der Waals surface area contributed by atoms with Crippen molar-refractivity contribution < 1.29 is 4.79 Å². The summed E-state index contributed by atoms with van der Waals surface area (Å²) in [7, 11) is 0. The molecule has 17 heavy (non-hydrogen) atoms. The van der Waals surface area contributed by atoms with Crippen LogP contribution < -0.4 is 11.1 Å². The number of halogens is 2. The summed E-state index contributed by atoms with van der Waals surface area (Å²) < 4.78 is 0. The predicted octanol–water partition coefficient (Wildman–Crippen LogP) is 2.83. The summed E-state index contributed by atoms with van der Waals surface area (Å²) >= 11 is 5.84. The second-order valence-corrected chi connectivity index (χ2v) is 4.71. The van der Waals surface area contributed by atoms with Gasteiger partial charge in [-0.1, -0.05) is 17.7 Å². The Morgan fingerprint density at radius 2 is 2.18 bits per heavy atom. The van der Waals surface area contributed by atoms with Crippen molar-refractivity contribution in [1.29, 1.82) is 0 Å². The molecule has 94 valence electrons. The standard InChI is InChI=1S/C12H15ClN2O.ClH/c13-9-2-1-3-11(7-9)15-12(16)8-4-5-10(14)6-8;/h1-3,7-8,10H,4-6,14H2,(H,15,16);1H. The molecule has 5 heteroatoms.